The Balaban J connectivity index is 1.98. The molecule has 24 heavy (non-hydrogen) atoms. The number of nitrogens with zero attached hydrogens (tertiary/aromatic N) is 2. The highest BCUT2D eigenvalue weighted by atomic mass is 16.3. The summed E-state index contributed by atoms with van der Waals surface area (Å²) in [6.45, 7) is 0.204. The Kier molecular flexibility index (Phi) is 4.06. The lowest BCUT2D eigenvalue weighted by atomic mass is 10.0. The number of benzene rings is 1. The minimum absolute atomic E-state index is 0.0844. The minimum atomic E-state index is -0.980. The zero-order valence-corrected chi connectivity index (χ0v) is 13.1. The van der Waals surface area contributed by atoms with Crippen molar-refractivity contribution in [1.29, 1.82) is 0 Å². The van der Waals surface area contributed by atoms with Gasteiger partial charge in [0.2, 0.25) is 11.8 Å². The lowest BCUT2D eigenvalue weighted by molar-refractivity contribution is -0.136. The number of carbonyl (C=O) groups excluding carboxylic acids is 4. The van der Waals surface area contributed by atoms with Gasteiger partial charge in [-0.3, -0.25) is 29.4 Å². The Labute approximate surface area is 138 Å². The normalized spacial score (nSPS) is 20.2. The van der Waals surface area contributed by atoms with Crippen LogP contribution in [-0.4, -0.2) is 59.9 Å². The number of amides is 4. The molecule has 0 radical (unpaired) electrons. The van der Waals surface area contributed by atoms with Crippen LogP contribution in [0.25, 0.3) is 0 Å². The molecule has 0 spiro atoms. The molecule has 1 aromatic carbocycles. The summed E-state index contributed by atoms with van der Waals surface area (Å²) in [6, 6.07) is 3.90. The number of likely N-dealkylation sites (N-methyl/N-ethyl adjacent to an activating group) is 1. The molecule has 2 N–H and O–H groups in total. The molecule has 1 saturated heterocycles. The molecule has 3 rings (SSSR count). The monoisotopic (exact) mass is 331 g/mol. The largest absolute Gasteiger partial charge is 0.395 e. The quantitative estimate of drug-likeness (QED) is 0.722. The van der Waals surface area contributed by atoms with Gasteiger partial charge in [0, 0.05) is 20.0 Å². The zero-order valence-electron chi connectivity index (χ0n) is 13.1. The van der Waals surface area contributed by atoms with Gasteiger partial charge in [-0.05, 0) is 18.6 Å². The van der Waals surface area contributed by atoms with E-state index < -0.39 is 29.7 Å². The molecule has 1 aromatic rings. The number of aliphatic hydroxyl groups excluding tert-OH is 1. The number of anilines is 1. The van der Waals surface area contributed by atoms with Crippen molar-refractivity contribution in [1.82, 2.24) is 10.2 Å². The summed E-state index contributed by atoms with van der Waals surface area (Å²) in [5, 5.41) is 11.3. The van der Waals surface area contributed by atoms with Crippen LogP contribution in [0.1, 0.15) is 33.6 Å². The van der Waals surface area contributed by atoms with E-state index in [0.717, 1.165) is 4.90 Å². The predicted molar refractivity (Wildman–Crippen MR) is 83.5 cm³/mol. The van der Waals surface area contributed by atoms with E-state index in [4.69, 9.17) is 5.11 Å². The highest BCUT2D eigenvalue weighted by Crippen LogP contribution is 2.33. The molecule has 8 nitrogen and oxygen atoms in total. The van der Waals surface area contributed by atoms with Gasteiger partial charge in [0.05, 0.1) is 23.4 Å². The average molecular weight is 331 g/mol. The van der Waals surface area contributed by atoms with E-state index in [9.17, 15) is 19.2 Å². The number of aliphatic hydroxyl groups is 1. The fourth-order valence-electron chi connectivity index (χ4n) is 3.09. The van der Waals surface area contributed by atoms with Crippen molar-refractivity contribution < 1.29 is 24.3 Å². The number of rotatable bonds is 4. The summed E-state index contributed by atoms with van der Waals surface area (Å²) in [6.07, 6.45) is 0.207. The molecule has 4 amide bonds. The van der Waals surface area contributed by atoms with Crippen LogP contribution >= 0.6 is 0 Å². The summed E-state index contributed by atoms with van der Waals surface area (Å²) in [7, 11) is 1.71. The molecular formula is C16H17N3O5. The maximum Gasteiger partial charge on any atom is 0.264 e. The van der Waals surface area contributed by atoms with Crippen LogP contribution < -0.4 is 10.2 Å². The smallest absolute Gasteiger partial charge is 0.264 e. The molecule has 2 heterocycles. The van der Waals surface area contributed by atoms with E-state index in [2.05, 4.69) is 5.32 Å². The molecule has 2 aliphatic heterocycles. The second kappa shape index (κ2) is 6.04. The molecule has 1 atom stereocenters. The second-order valence-corrected chi connectivity index (χ2v) is 5.79. The molecule has 0 bridgehead atoms. The lowest BCUT2D eigenvalue weighted by Crippen LogP contribution is -2.54. The van der Waals surface area contributed by atoms with E-state index in [-0.39, 0.29) is 30.6 Å². The maximum absolute atomic E-state index is 12.8. The van der Waals surface area contributed by atoms with E-state index in [0.29, 0.717) is 12.2 Å². The minimum Gasteiger partial charge on any atom is -0.395 e. The SMILES string of the molecule is CN(CCO)c1cccc2c1C(=O)N(C1CCC(=O)NC1=O)C2=O. The summed E-state index contributed by atoms with van der Waals surface area (Å²) >= 11 is 0. The Morgan fingerprint density at radius 2 is 2.00 bits per heavy atom. The Bertz CT molecular complexity index is 745. The number of hydrogen-bond donors (Lipinski definition) is 2. The van der Waals surface area contributed by atoms with Crippen molar-refractivity contribution in [3.05, 3.63) is 29.3 Å². The number of piperidine rings is 1. The van der Waals surface area contributed by atoms with Gasteiger partial charge in [0.25, 0.3) is 11.8 Å². The first-order valence-electron chi connectivity index (χ1n) is 7.62. The van der Waals surface area contributed by atoms with E-state index in [1.807, 2.05) is 0 Å². The van der Waals surface area contributed by atoms with E-state index >= 15 is 0 Å². The molecule has 126 valence electrons. The van der Waals surface area contributed by atoms with Crippen LogP contribution in [0.15, 0.2) is 18.2 Å². The molecule has 0 aliphatic carbocycles. The van der Waals surface area contributed by atoms with Crippen LogP contribution in [0.4, 0.5) is 5.69 Å². The summed E-state index contributed by atoms with van der Waals surface area (Å²) in [5.74, 6) is -2.13. The second-order valence-electron chi connectivity index (χ2n) is 5.79. The van der Waals surface area contributed by atoms with Gasteiger partial charge >= 0.3 is 0 Å². The summed E-state index contributed by atoms with van der Waals surface area (Å²) in [4.78, 5) is 51.4. The van der Waals surface area contributed by atoms with Crippen molar-refractivity contribution in [2.75, 3.05) is 25.1 Å². The van der Waals surface area contributed by atoms with Crippen LogP contribution in [0.5, 0.6) is 0 Å². The molecule has 2 aliphatic rings. The lowest BCUT2D eigenvalue weighted by Gasteiger charge is -2.28. The van der Waals surface area contributed by atoms with E-state index in [1.165, 1.54) is 6.07 Å². The first-order valence-corrected chi connectivity index (χ1v) is 7.62. The molecule has 1 fully saturated rings. The standard InChI is InChI=1S/C16H17N3O5/c1-18(7-8-20)10-4-2-3-9-13(10)16(24)19(15(9)23)11-5-6-12(21)17-14(11)22/h2-4,11,20H,5-8H2,1H3,(H,17,21,22). The number of imide groups is 2. The van der Waals surface area contributed by atoms with Crippen LogP contribution in [0, 0.1) is 0 Å². The Morgan fingerprint density at radius 1 is 1.25 bits per heavy atom. The summed E-state index contributed by atoms with van der Waals surface area (Å²) in [5.41, 5.74) is 0.977. The third-order valence-electron chi connectivity index (χ3n) is 4.29. The van der Waals surface area contributed by atoms with Gasteiger partial charge in [-0.15, -0.1) is 0 Å². The van der Waals surface area contributed by atoms with Crippen molar-refractivity contribution in [3.8, 4) is 0 Å². The number of fused-ring (bicyclic) bond motifs is 1. The maximum atomic E-state index is 12.8. The van der Waals surface area contributed by atoms with Gasteiger partial charge in [-0.25, -0.2) is 0 Å². The topological polar surface area (TPSA) is 107 Å². The summed E-state index contributed by atoms with van der Waals surface area (Å²) < 4.78 is 0. The van der Waals surface area contributed by atoms with Crippen LogP contribution in [0.2, 0.25) is 0 Å². The highest BCUT2D eigenvalue weighted by Gasteiger charge is 2.45. The number of carbonyl (C=O) groups is 4. The predicted octanol–water partition coefficient (Wildman–Crippen LogP) is -0.484. The fourth-order valence-corrected chi connectivity index (χ4v) is 3.09. The van der Waals surface area contributed by atoms with Crippen LogP contribution in [0.3, 0.4) is 0 Å². The third-order valence-corrected chi connectivity index (χ3v) is 4.29. The van der Waals surface area contributed by atoms with Gasteiger partial charge in [0.1, 0.15) is 6.04 Å². The number of nitrogens with one attached hydrogen (secondary N) is 1. The van der Waals surface area contributed by atoms with Gasteiger partial charge in [-0.1, -0.05) is 6.07 Å². The van der Waals surface area contributed by atoms with Crippen LogP contribution in [-0.2, 0) is 9.59 Å². The zero-order chi connectivity index (χ0) is 17.4. The fraction of sp³-hybridized carbons (Fsp3) is 0.375. The van der Waals surface area contributed by atoms with Gasteiger partial charge < -0.3 is 10.0 Å². The number of hydrogen-bond acceptors (Lipinski definition) is 6. The van der Waals surface area contributed by atoms with Crippen molar-refractivity contribution in [2.45, 2.75) is 18.9 Å². The molecule has 1 unspecified atom stereocenters. The first-order chi connectivity index (χ1) is 11.5. The highest BCUT2D eigenvalue weighted by molar-refractivity contribution is 6.25. The van der Waals surface area contributed by atoms with Gasteiger partial charge in [-0.2, -0.15) is 0 Å². The molecule has 8 heteroatoms. The van der Waals surface area contributed by atoms with E-state index in [1.54, 1.807) is 24.1 Å². The average Bonchev–Trinajstić information content (AvgIpc) is 2.80. The Hall–Kier alpha value is -2.74. The molecular weight excluding hydrogens is 314 g/mol. The van der Waals surface area contributed by atoms with Gasteiger partial charge in [0.15, 0.2) is 0 Å². The molecule has 0 aromatic heterocycles. The van der Waals surface area contributed by atoms with Crippen molar-refractivity contribution in [2.24, 2.45) is 0 Å². The Morgan fingerprint density at radius 3 is 2.67 bits per heavy atom. The van der Waals surface area contributed by atoms with Crippen molar-refractivity contribution >= 4 is 29.3 Å². The molecule has 0 saturated carbocycles. The van der Waals surface area contributed by atoms with Crippen molar-refractivity contribution in [3.63, 3.8) is 0 Å². The first kappa shape index (κ1) is 16.1. The third kappa shape index (κ3) is 2.44.